The van der Waals surface area contributed by atoms with Gasteiger partial charge in [0.25, 0.3) is 5.56 Å². The third-order valence-electron chi connectivity index (χ3n) is 4.58. The van der Waals surface area contributed by atoms with Crippen molar-refractivity contribution in [2.75, 3.05) is 18.1 Å². The number of nitrogens with zero attached hydrogens (tertiary/aromatic N) is 5. The zero-order valence-electron chi connectivity index (χ0n) is 14.4. The molecule has 3 aromatic rings. The lowest BCUT2D eigenvalue weighted by atomic mass is 10.3. The van der Waals surface area contributed by atoms with Gasteiger partial charge in [-0.25, -0.2) is 4.79 Å². The Morgan fingerprint density at radius 2 is 1.80 bits per heavy atom. The Labute approximate surface area is 143 Å². The van der Waals surface area contributed by atoms with E-state index in [9.17, 15) is 9.59 Å². The largest absolute Gasteiger partial charge is 0.494 e. The van der Waals surface area contributed by atoms with Gasteiger partial charge >= 0.3 is 5.69 Å². The monoisotopic (exact) mass is 341 g/mol. The van der Waals surface area contributed by atoms with Crippen LogP contribution in [0.3, 0.4) is 0 Å². The number of hydrogen-bond acceptors (Lipinski definition) is 5. The zero-order chi connectivity index (χ0) is 17.7. The van der Waals surface area contributed by atoms with Crippen molar-refractivity contribution in [3.8, 4) is 5.75 Å². The average Bonchev–Trinajstić information content (AvgIpc) is 3.18. The predicted molar refractivity (Wildman–Crippen MR) is 94.8 cm³/mol. The highest BCUT2D eigenvalue weighted by molar-refractivity contribution is 5.77. The standard InChI is InChI=1S/C17H19N5O3/c1-4-25-12-7-5-11(6-8-12)21-9-10-22-13-14(18-16(21)22)19(2)17(24)20(3)15(13)23/h5-8H,4,9-10H2,1-3H3. The topological polar surface area (TPSA) is 74.3 Å². The molecule has 0 fully saturated rings. The van der Waals surface area contributed by atoms with Crippen LogP contribution in [0.25, 0.3) is 11.2 Å². The summed E-state index contributed by atoms with van der Waals surface area (Å²) in [6.45, 7) is 3.93. The molecule has 4 rings (SSSR count). The summed E-state index contributed by atoms with van der Waals surface area (Å²) in [5, 5.41) is 0. The van der Waals surface area contributed by atoms with Crippen molar-refractivity contribution in [1.82, 2.24) is 18.7 Å². The summed E-state index contributed by atoms with van der Waals surface area (Å²) in [5.74, 6) is 1.49. The van der Waals surface area contributed by atoms with Crippen LogP contribution in [-0.4, -0.2) is 31.8 Å². The van der Waals surface area contributed by atoms with Gasteiger partial charge in [0.1, 0.15) is 5.75 Å². The minimum Gasteiger partial charge on any atom is -0.494 e. The second-order valence-corrected chi connectivity index (χ2v) is 6.02. The number of hydrogen-bond donors (Lipinski definition) is 0. The Morgan fingerprint density at radius 3 is 2.48 bits per heavy atom. The van der Waals surface area contributed by atoms with E-state index >= 15 is 0 Å². The van der Waals surface area contributed by atoms with Gasteiger partial charge in [-0.1, -0.05) is 0 Å². The molecule has 0 saturated heterocycles. The summed E-state index contributed by atoms with van der Waals surface area (Å²) in [5.41, 5.74) is 1.17. The van der Waals surface area contributed by atoms with Crippen molar-refractivity contribution in [2.24, 2.45) is 14.1 Å². The number of fused-ring (bicyclic) bond motifs is 3. The van der Waals surface area contributed by atoms with Gasteiger partial charge in [-0.15, -0.1) is 0 Å². The minimum absolute atomic E-state index is 0.314. The van der Waals surface area contributed by atoms with Crippen LogP contribution in [-0.2, 0) is 20.6 Å². The lowest BCUT2D eigenvalue weighted by Crippen LogP contribution is -2.37. The van der Waals surface area contributed by atoms with Crippen LogP contribution >= 0.6 is 0 Å². The maximum Gasteiger partial charge on any atom is 0.332 e. The van der Waals surface area contributed by atoms with Crippen molar-refractivity contribution in [1.29, 1.82) is 0 Å². The van der Waals surface area contributed by atoms with Crippen molar-refractivity contribution in [2.45, 2.75) is 13.5 Å². The molecule has 130 valence electrons. The molecule has 0 unspecified atom stereocenters. The summed E-state index contributed by atoms with van der Waals surface area (Å²) < 4.78 is 9.90. The summed E-state index contributed by atoms with van der Waals surface area (Å²) in [6, 6.07) is 7.77. The first-order valence-corrected chi connectivity index (χ1v) is 8.19. The van der Waals surface area contributed by atoms with Gasteiger partial charge in [-0.2, -0.15) is 4.98 Å². The number of imidazole rings is 1. The minimum atomic E-state index is -0.373. The quantitative estimate of drug-likeness (QED) is 0.710. The molecule has 3 heterocycles. The van der Waals surface area contributed by atoms with Gasteiger partial charge in [-0.3, -0.25) is 13.9 Å². The van der Waals surface area contributed by atoms with E-state index in [2.05, 4.69) is 4.98 Å². The van der Waals surface area contributed by atoms with Crippen LogP contribution < -0.4 is 20.9 Å². The van der Waals surface area contributed by atoms with E-state index in [1.807, 2.05) is 40.7 Å². The van der Waals surface area contributed by atoms with E-state index < -0.39 is 0 Å². The fraction of sp³-hybridized carbons (Fsp3) is 0.353. The van der Waals surface area contributed by atoms with Crippen LogP contribution in [0.15, 0.2) is 33.9 Å². The van der Waals surface area contributed by atoms with E-state index in [1.165, 1.54) is 11.6 Å². The molecule has 25 heavy (non-hydrogen) atoms. The fourth-order valence-electron chi connectivity index (χ4n) is 3.29. The van der Waals surface area contributed by atoms with E-state index in [0.717, 1.165) is 22.5 Å². The highest BCUT2D eigenvalue weighted by Gasteiger charge is 2.28. The number of aryl methyl sites for hydroxylation is 1. The molecular formula is C17H19N5O3. The molecule has 8 heteroatoms. The van der Waals surface area contributed by atoms with Gasteiger partial charge in [0, 0.05) is 32.9 Å². The van der Waals surface area contributed by atoms with Gasteiger partial charge in [0.2, 0.25) is 5.95 Å². The van der Waals surface area contributed by atoms with Crippen LogP contribution in [0.2, 0.25) is 0 Å². The average molecular weight is 341 g/mol. The van der Waals surface area contributed by atoms with Crippen molar-refractivity contribution in [3.05, 3.63) is 45.1 Å². The Hall–Kier alpha value is -3.03. The van der Waals surface area contributed by atoms with Gasteiger partial charge in [0.05, 0.1) is 6.61 Å². The van der Waals surface area contributed by atoms with Crippen LogP contribution in [0.1, 0.15) is 6.92 Å². The molecular weight excluding hydrogens is 322 g/mol. The molecule has 0 N–H and O–H groups in total. The number of aromatic nitrogens is 4. The van der Waals surface area contributed by atoms with Gasteiger partial charge < -0.3 is 14.2 Å². The number of benzene rings is 1. The summed E-state index contributed by atoms with van der Waals surface area (Å²) in [4.78, 5) is 31.3. The Bertz CT molecular complexity index is 1070. The molecule has 1 aliphatic heterocycles. The van der Waals surface area contributed by atoms with E-state index in [1.54, 1.807) is 7.05 Å². The second kappa shape index (κ2) is 5.51. The van der Waals surface area contributed by atoms with Crippen LogP contribution in [0.5, 0.6) is 5.75 Å². The summed E-state index contributed by atoms with van der Waals surface area (Å²) >= 11 is 0. The van der Waals surface area contributed by atoms with E-state index in [4.69, 9.17) is 4.74 Å². The van der Waals surface area contributed by atoms with E-state index in [-0.39, 0.29) is 11.2 Å². The maximum absolute atomic E-state index is 12.5. The van der Waals surface area contributed by atoms with Crippen LogP contribution in [0, 0.1) is 0 Å². The number of rotatable bonds is 3. The highest BCUT2D eigenvalue weighted by Crippen LogP contribution is 2.32. The second-order valence-electron chi connectivity index (χ2n) is 6.02. The van der Waals surface area contributed by atoms with Crippen molar-refractivity contribution >= 4 is 22.8 Å². The first-order valence-electron chi connectivity index (χ1n) is 8.19. The molecule has 0 aliphatic carbocycles. The molecule has 8 nitrogen and oxygen atoms in total. The molecule has 0 spiro atoms. The molecule has 0 atom stereocenters. The number of anilines is 2. The first-order chi connectivity index (χ1) is 12.0. The fourth-order valence-corrected chi connectivity index (χ4v) is 3.29. The van der Waals surface area contributed by atoms with Crippen molar-refractivity contribution in [3.63, 3.8) is 0 Å². The van der Waals surface area contributed by atoms with Gasteiger partial charge in [0.15, 0.2) is 11.2 Å². The molecule has 1 aliphatic rings. The lowest BCUT2D eigenvalue weighted by Gasteiger charge is -2.16. The smallest absolute Gasteiger partial charge is 0.332 e. The first kappa shape index (κ1) is 15.5. The van der Waals surface area contributed by atoms with Crippen molar-refractivity contribution < 1.29 is 4.74 Å². The Kier molecular flexibility index (Phi) is 3.41. The SMILES string of the molecule is CCOc1ccc(N2CCn3c2nc2c3c(=O)n(C)c(=O)n2C)cc1. The predicted octanol–water partition coefficient (Wildman–Crippen LogP) is 0.984. The molecule has 0 bridgehead atoms. The third-order valence-corrected chi connectivity index (χ3v) is 4.58. The molecule has 1 aromatic carbocycles. The summed E-state index contributed by atoms with van der Waals surface area (Å²) in [7, 11) is 3.12. The van der Waals surface area contributed by atoms with Crippen LogP contribution in [0.4, 0.5) is 11.6 Å². The normalized spacial score (nSPS) is 13.5. The lowest BCUT2D eigenvalue weighted by molar-refractivity contribution is 0.340. The maximum atomic E-state index is 12.5. The van der Waals surface area contributed by atoms with Gasteiger partial charge in [-0.05, 0) is 31.2 Å². The summed E-state index contributed by atoms with van der Waals surface area (Å²) in [6.07, 6.45) is 0. The van der Waals surface area contributed by atoms with E-state index in [0.29, 0.717) is 30.3 Å². The molecule has 0 radical (unpaired) electrons. The third kappa shape index (κ3) is 2.17. The molecule has 2 aromatic heterocycles. The molecule has 0 saturated carbocycles. The Balaban J connectivity index is 1.86. The number of ether oxygens (including phenoxy) is 1. The molecule has 0 amide bonds. The zero-order valence-corrected chi connectivity index (χ0v) is 14.4. The Morgan fingerprint density at radius 1 is 1.08 bits per heavy atom. The highest BCUT2D eigenvalue weighted by atomic mass is 16.5.